The first-order valence-corrected chi connectivity index (χ1v) is 9.50. The van der Waals surface area contributed by atoms with Crippen molar-refractivity contribution < 1.29 is 19.1 Å². The van der Waals surface area contributed by atoms with Gasteiger partial charge in [-0.2, -0.15) is 0 Å². The Bertz CT molecular complexity index is 1030. The van der Waals surface area contributed by atoms with E-state index >= 15 is 0 Å². The van der Waals surface area contributed by atoms with Gasteiger partial charge in [0.2, 0.25) is 0 Å². The van der Waals surface area contributed by atoms with Crippen molar-refractivity contribution in [2.45, 2.75) is 33.8 Å². The average Bonchev–Trinajstić information content (AvgIpc) is 2.87. The second kappa shape index (κ2) is 8.09. The number of halogens is 1. The smallest absolute Gasteiger partial charge is 0.338 e. The molecule has 2 aromatic rings. The van der Waals surface area contributed by atoms with Gasteiger partial charge in [0.05, 0.1) is 17.4 Å². The number of nitrogens with one attached hydrogen (secondary N) is 1. The van der Waals surface area contributed by atoms with Crippen LogP contribution >= 0.6 is 11.6 Å². The lowest BCUT2D eigenvalue weighted by Gasteiger charge is -2.16. The number of hydrogen-bond acceptors (Lipinski definition) is 5. The van der Waals surface area contributed by atoms with Crippen LogP contribution in [-0.4, -0.2) is 23.9 Å². The second-order valence-electron chi connectivity index (χ2n) is 7.06. The summed E-state index contributed by atoms with van der Waals surface area (Å²) in [5.41, 5.74) is 3.38. The summed E-state index contributed by atoms with van der Waals surface area (Å²) in [5, 5.41) is 2.70. The lowest BCUT2D eigenvalue weighted by molar-refractivity contribution is -0.120. The van der Waals surface area contributed by atoms with Crippen LogP contribution < -0.4 is 10.2 Å². The Labute approximate surface area is 174 Å². The van der Waals surface area contributed by atoms with E-state index in [1.165, 1.54) is 0 Å². The van der Waals surface area contributed by atoms with E-state index in [-0.39, 0.29) is 16.8 Å². The topological polar surface area (TPSA) is 75.7 Å². The monoisotopic (exact) mass is 412 g/mol. The number of aryl methyl sites for hydroxylation is 2. The molecule has 0 radical (unpaired) electrons. The number of carbonyl (C=O) groups excluding carboxylic acids is 3. The van der Waals surface area contributed by atoms with Crippen LogP contribution in [0.5, 0.6) is 0 Å². The number of anilines is 2. The molecule has 1 aliphatic rings. The van der Waals surface area contributed by atoms with Gasteiger partial charge in [-0.25, -0.2) is 9.69 Å². The Morgan fingerprint density at radius 3 is 2.24 bits per heavy atom. The zero-order chi connectivity index (χ0) is 21.3. The average molecular weight is 413 g/mol. The van der Waals surface area contributed by atoms with Crippen LogP contribution in [0.2, 0.25) is 0 Å². The summed E-state index contributed by atoms with van der Waals surface area (Å²) < 4.78 is 5.14. The predicted molar refractivity (Wildman–Crippen MR) is 112 cm³/mol. The van der Waals surface area contributed by atoms with Gasteiger partial charge in [-0.3, -0.25) is 9.59 Å². The van der Waals surface area contributed by atoms with Crippen molar-refractivity contribution in [3.05, 3.63) is 69.9 Å². The summed E-state index contributed by atoms with van der Waals surface area (Å²) in [6.07, 6.45) is -0.220. The zero-order valence-corrected chi connectivity index (χ0v) is 17.3. The summed E-state index contributed by atoms with van der Waals surface area (Å²) in [6.45, 7) is 7.40. The summed E-state index contributed by atoms with van der Waals surface area (Å²) in [5.74, 6) is -1.55. The highest BCUT2D eigenvalue weighted by molar-refractivity contribution is 6.53. The third-order valence-electron chi connectivity index (χ3n) is 4.51. The van der Waals surface area contributed by atoms with E-state index in [2.05, 4.69) is 5.32 Å². The molecule has 2 amide bonds. The highest BCUT2D eigenvalue weighted by Crippen LogP contribution is 2.31. The van der Waals surface area contributed by atoms with Gasteiger partial charge in [0, 0.05) is 5.69 Å². The van der Waals surface area contributed by atoms with Gasteiger partial charge in [0.25, 0.3) is 11.8 Å². The molecular weight excluding hydrogens is 392 g/mol. The first-order valence-electron chi connectivity index (χ1n) is 9.13. The molecule has 0 fully saturated rings. The molecule has 0 aromatic heterocycles. The molecule has 2 aromatic carbocycles. The van der Waals surface area contributed by atoms with E-state index in [4.69, 9.17) is 16.3 Å². The Balaban J connectivity index is 1.80. The van der Waals surface area contributed by atoms with E-state index in [0.717, 1.165) is 16.0 Å². The number of carbonyl (C=O) groups is 3. The van der Waals surface area contributed by atoms with Crippen LogP contribution in [0.1, 0.15) is 35.3 Å². The number of amides is 2. The van der Waals surface area contributed by atoms with E-state index in [1.54, 1.807) is 50.2 Å². The standard InChI is InChI=1S/C22H21ClN2O4/c1-12(2)29-22(28)15-6-8-16(9-7-15)24-19-18(23)20(26)25(21(19)27)17-10-5-13(3)14(4)11-17/h5-12,24H,1-4H3. The summed E-state index contributed by atoms with van der Waals surface area (Å²) in [4.78, 5) is 38.4. The van der Waals surface area contributed by atoms with Crippen molar-refractivity contribution in [3.63, 3.8) is 0 Å². The van der Waals surface area contributed by atoms with Crippen LogP contribution in [0.15, 0.2) is 53.2 Å². The van der Waals surface area contributed by atoms with Crippen molar-refractivity contribution in [1.82, 2.24) is 0 Å². The Kier molecular flexibility index (Phi) is 5.75. The molecule has 0 spiro atoms. The van der Waals surface area contributed by atoms with Gasteiger partial charge in [-0.05, 0) is 75.2 Å². The summed E-state index contributed by atoms with van der Waals surface area (Å²) >= 11 is 6.16. The van der Waals surface area contributed by atoms with Gasteiger partial charge in [0.1, 0.15) is 10.7 Å². The molecule has 0 saturated heterocycles. The van der Waals surface area contributed by atoms with Crippen molar-refractivity contribution in [2.24, 2.45) is 0 Å². The van der Waals surface area contributed by atoms with Crippen LogP contribution in [0, 0.1) is 13.8 Å². The van der Waals surface area contributed by atoms with Gasteiger partial charge >= 0.3 is 5.97 Å². The highest BCUT2D eigenvalue weighted by Gasteiger charge is 2.39. The predicted octanol–water partition coefficient (Wildman–Crippen LogP) is 4.30. The van der Waals surface area contributed by atoms with E-state index in [0.29, 0.717) is 16.9 Å². The van der Waals surface area contributed by atoms with Gasteiger partial charge in [0.15, 0.2) is 0 Å². The molecule has 3 rings (SSSR count). The summed E-state index contributed by atoms with van der Waals surface area (Å²) in [7, 11) is 0. The van der Waals surface area contributed by atoms with E-state index in [9.17, 15) is 14.4 Å². The second-order valence-corrected chi connectivity index (χ2v) is 7.44. The number of nitrogens with zero attached hydrogens (tertiary/aromatic N) is 1. The molecule has 1 aliphatic heterocycles. The van der Waals surface area contributed by atoms with E-state index in [1.807, 2.05) is 19.9 Å². The number of ether oxygens (including phenoxy) is 1. The number of benzene rings is 2. The minimum Gasteiger partial charge on any atom is -0.459 e. The maximum atomic E-state index is 12.8. The Morgan fingerprint density at radius 2 is 1.66 bits per heavy atom. The fourth-order valence-electron chi connectivity index (χ4n) is 2.83. The van der Waals surface area contributed by atoms with Crippen molar-refractivity contribution in [1.29, 1.82) is 0 Å². The Hall–Kier alpha value is -3.12. The van der Waals surface area contributed by atoms with E-state index < -0.39 is 17.8 Å². The molecule has 0 aliphatic carbocycles. The fourth-order valence-corrected chi connectivity index (χ4v) is 3.04. The van der Waals surface area contributed by atoms with Gasteiger partial charge in [-0.1, -0.05) is 17.7 Å². The molecule has 7 heteroatoms. The molecular formula is C22H21ClN2O4. The molecule has 0 bridgehead atoms. The molecule has 1 heterocycles. The lowest BCUT2D eigenvalue weighted by atomic mass is 10.1. The third-order valence-corrected chi connectivity index (χ3v) is 4.86. The third kappa shape index (κ3) is 4.17. The first kappa shape index (κ1) is 20.6. The van der Waals surface area contributed by atoms with Crippen LogP contribution in [-0.2, 0) is 14.3 Å². The SMILES string of the molecule is Cc1ccc(N2C(=O)C(Cl)=C(Nc3ccc(C(=O)OC(C)C)cc3)C2=O)cc1C. The molecule has 1 N–H and O–H groups in total. The zero-order valence-electron chi connectivity index (χ0n) is 16.6. The van der Waals surface area contributed by atoms with Crippen LogP contribution in [0.25, 0.3) is 0 Å². The number of rotatable bonds is 5. The maximum absolute atomic E-state index is 12.8. The van der Waals surface area contributed by atoms with Crippen molar-refractivity contribution in [2.75, 3.05) is 10.2 Å². The normalized spacial score (nSPS) is 14.1. The number of imide groups is 1. The lowest BCUT2D eigenvalue weighted by Crippen LogP contribution is -2.32. The number of esters is 1. The molecule has 29 heavy (non-hydrogen) atoms. The highest BCUT2D eigenvalue weighted by atomic mass is 35.5. The summed E-state index contributed by atoms with van der Waals surface area (Å²) in [6, 6.07) is 11.7. The van der Waals surface area contributed by atoms with Crippen molar-refractivity contribution in [3.8, 4) is 0 Å². The van der Waals surface area contributed by atoms with Crippen LogP contribution in [0.4, 0.5) is 11.4 Å². The molecule has 0 atom stereocenters. The maximum Gasteiger partial charge on any atom is 0.338 e. The van der Waals surface area contributed by atoms with Crippen molar-refractivity contribution >= 4 is 40.8 Å². The number of hydrogen-bond donors (Lipinski definition) is 1. The quantitative estimate of drug-likeness (QED) is 0.585. The first-order chi connectivity index (χ1) is 13.7. The fraction of sp³-hybridized carbons (Fsp3) is 0.227. The Morgan fingerprint density at radius 1 is 1.00 bits per heavy atom. The minimum absolute atomic E-state index is 0.00704. The molecule has 0 saturated carbocycles. The molecule has 6 nitrogen and oxygen atoms in total. The largest absolute Gasteiger partial charge is 0.459 e. The van der Waals surface area contributed by atoms with Crippen LogP contribution in [0.3, 0.4) is 0 Å². The minimum atomic E-state index is -0.584. The van der Waals surface area contributed by atoms with Gasteiger partial charge < -0.3 is 10.1 Å². The molecule has 150 valence electrons. The van der Waals surface area contributed by atoms with Gasteiger partial charge in [-0.15, -0.1) is 0 Å². The molecule has 0 unspecified atom stereocenters.